The molecule has 0 atom stereocenters. The summed E-state index contributed by atoms with van der Waals surface area (Å²) in [5, 5.41) is 3.67. The summed E-state index contributed by atoms with van der Waals surface area (Å²) >= 11 is 0. The van der Waals surface area contributed by atoms with Crippen LogP contribution in [0.15, 0.2) is 24.3 Å². The molecule has 1 heteroatoms. The van der Waals surface area contributed by atoms with Crippen LogP contribution in [-0.4, -0.2) is 6.54 Å². The highest BCUT2D eigenvalue weighted by molar-refractivity contribution is 5.27. The molecule has 20 heavy (non-hydrogen) atoms. The average Bonchev–Trinajstić information content (AvgIpc) is 3.33. The molecule has 0 saturated heterocycles. The van der Waals surface area contributed by atoms with Gasteiger partial charge < -0.3 is 5.32 Å². The van der Waals surface area contributed by atoms with Crippen molar-refractivity contribution in [1.82, 2.24) is 5.32 Å². The Bertz CT molecular complexity index is 396. The zero-order valence-corrected chi connectivity index (χ0v) is 12.9. The summed E-state index contributed by atoms with van der Waals surface area (Å²) in [5.74, 6) is 2.82. The minimum Gasteiger partial charge on any atom is -0.312 e. The first-order valence-corrected chi connectivity index (χ1v) is 8.64. The van der Waals surface area contributed by atoms with E-state index in [4.69, 9.17) is 0 Å². The quantitative estimate of drug-likeness (QED) is 0.778. The fraction of sp³-hybridized carbons (Fsp3) is 0.684. The first-order chi connectivity index (χ1) is 9.85. The molecule has 2 fully saturated rings. The Morgan fingerprint density at radius 2 is 1.55 bits per heavy atom. The third kappa shape index (κ3) is 3.85. The monoisotopic (exact) mass is 271 g/mol. The van der Waals surface area contributed by atoms with Crippen LogP contribution in [0.1, 0.15) is 68.9 Å². The fourth-order valence-electron chi connectivity index (χ4n) is 3.59. The Labute approximate surface area is 124 Å². The lowest BCUT2D eigenvalue weighted by Gasteiger charge is -2.27. The van der Waals surface area contributed by atoms with E-state index in [1.807, 2.05) is 0 Å². The molecule has 0 unspecified atom stereocenters. The summed E-state index contributed by atoms with van der Waals surface area (Å²) in [6.07, 6.45) is 9.97. The predicted octanol–water partition coefficient (Wildman–Crippen LogP) is 4.87. The molecule has 2 saturated carbocycles. The molecular weight excluding hydrogens is 242 g/mol. The van der Waals surface area contributed by atoms with E-state index in [2.05, 4.69) is 36.5 Å². The third-order valence-corrected chi connectivity index (χ3v) is 5.33. The molecule has 0 spiro atoms. The molecule has 1 aromatic rings. The number of nitrogens with one attached hydrogen (secondary N) is 1. The maximum atomic E-state index is 3.67. The van der Waals surface area contributed by atoms with E-state index in [9.17, 15) is 0 Å². The lowest BCUT2D eigenvalue weighted by Crippen LogP contribution is -2.26. The molecule has 1 N–H and O–H groups in total. The van der Waals surface area contributed by atoms with Gasteiger partial charge in [-0.3, -0.25) is 0 Å². The van der Waals surface area contributed by atoms with Crippen LogP contribution < -0.4 is 5.32 Å². The number of rotatable bonds is 6. The number of hydrogen-bond donors (Lipinski definition) is 1. The smallest absolute Gasteiger partial charge is 0.0205 e. The second kappa shape index (κ2) is 6.76. The summed E-state index contributed by atoms with van der Waals surface area (Å²) in [5.41, 5.74) is 2.99. The summed E-state index contributed by atoms with van der Waals surface area (Å²) in [6, 6.07) is 9.30. The maximum Gasteiger partial charge on any atom is 0.0205 e. The van der Waals surface area contributed by atoms with Crippen molar-refractivity contribution < 1.29 is 0 Å². The van der Waals surface area contributed by atoms with E-state index in [0.717, 1.165) is 24.3 Å². The Morgan fingerprint density at radius 3 is 2.15 bits per heavy atom. The van der Waals surface area contributed by atoms with Gasteiger partial charge in [0.25, 0.3) is 0 Å². The van der Waals surface area contributed by atoms with Crippen molar-refractivity contribution in [3.8, 4) is 0 Å². The molecule has 3 rings (SSSR count). The van der Waals surface area contributed by atoms with Crippen LogP contribution in [0.4, 0.5) is 0 Å². The van der Waals surface area contributed by atoms with Gasteiger partial charge in [0.1, 0.15) is 0 Å². The maximum absolute atomic E-state index is 3.67. The second-order valence-corrected chi connectivity index (χ2v) is 6.94. The number of hydrogen-bond acceptors (Lipinski definition) is 1. The van der Waals surface area contributed by atoms with Crippen LogP contribution in [0.3, 0.4) is 0 Å². The van der Waals surface area contributed by atoms with Gasteiger partial charge in [-0.25, -0.2) is 0 Å². The van der Waals surface area contributed by atoms with Gasteiger partial charge >= 0.3 is 0 Å². The minimum atomic E-state index is 0.880. The second-order valence-electron chi connectivity index (χ2n) is 6.94. The van der Waals surface area contributed by atoms with E-state index >= 15 is 0 Å². The van der Waals surface area contributed by atoms with Crippen molar-refractivity contribution >= 4 is 0 Å². The summed E-state index contributed by atoms with van der Waals surface area (Å²) < 4.78 is 0. The Balaban J connectivity index is 1.37. The van der Waals surface area contributed by atoms with Gasteiger partial charge in [0.2, 0.25) is 0 Å². The third-order valence-electron chi connectivity index (χ3n) is 5.33. The van der Waals surface area contributed by atoms with Crippen LogP contribution in [0.5, 0.6) is 0 Å². The highest BCUT2D eigenvalue weighted by Crippen LogP contribution is 2.39. The molecule has 0 heterocycles. The van der Waals surface area contributed by atoms with Gasteiger partial charge in [0.15, 0.2) is 0 Å². The molecule has 0 aromatic heterocycles. The molecule has 1 aromatic carbocycles. The van der Waals surface area contributed by atoms with Crippen molar-refractivity contribution in [3.63, 3.8) is 0 Å². The standard InChI is InChI=1S/C19H29N/c1-2-15-3-5-16(6-4-15)13-20-14-17-7-9-18(10-8-17)19-11-12-19/h7-10,15-16,19-20H,2-6,11-14H2,1H3. The first kappa shape index (κ1) is 14.1. The lowest BCUT2D eigenvalue weighted by atomic mass is 9.81. The van der Waals surface area contributed by atoms with Crippen LogP contribution in [-0.2, 0) is 6.54 Å². The Morgan fingerprint density at radius 1 is 0.900 bits per heavy atom. The molecule has 1 nitrogen and oxygen atoms in total. The van der Waals surface area contributed by atoms with E-state index in [1.165, 1.54) is 57.1 Å². The zero-order valence-electron chi connectivity index (χ0n) is 12.9. The van der Waals surface area contributed by atoms with Gasteiger partial charge in [-0.1, -0.05) is 50.5 Å². The lowest BCUT2D eigenvalue weighted by molar-refractivity contribution is 0.262. The fourth-order valence-corrected chi connectivity index (χ4v) is 3.59. The molecule has 0 amide bonds. The zero-order chi connectivity index (χ0) is 13.8. The van der Waals surface area contributed by atoms with E-state index in [1.54, 1.807) is 5.56 Å². The van der Waals surface area contributed by atoms with Crippen molar-refractivity contribution in [2.45, 2.75) is 64.3 Å². The molecule has 2 aliphatic carbocycles. The molecule has 0 bridgehead atoms. The van der Waals surface area contributed by atoms with Gasteiger partial charge in [-0.05, 0) is 61.1 Å². The highest BCUT2D eigenvalue weighted by Gasteiger charge is 2.23. The summed E-state index contributed by atoms with van der Waals surface area (Å²) in [7, 11) is 0. The van der Waals surface area contributed by atoms with Crippen LogP contribution in [0.2, 0.25) is 0 Å². The molecule has 0 radical (unpaired) electrons. The molecule has 110 valence electrons. The van der Waals surface area contributed by atoms with Crippen molar-refractivity contribution in [2.75, 3.05) is 6.54 Å². The predicted molar refractivity (Wildman–Crippen MR) is 85.9 cm³/mol. The molecular formula is C19H29N. The summed E-state index contributed by atoms with van der Waals surface area (Å²) in [4.78, 5) is 0. The van der Waals surface area contributed by atoms with Gasteiger partial charge in [-0.2, -0.15) is 0 Å². The van der Waals surface area contributed by atoms with Crippen molar-refractivity contribution in [2.24, 2.45) is 11.8 Å². The van der Waals surface area contributed by atoms with Gasteiger partial charge in [0.05, 0.1) is 0 Å². The van der Waals surface area contributed by atoms with E-state index < -0.39 is 0 Å². The Hall–Kier alpha value is -0.820. The van der Waals surface area contributed by atoms with Crippen molar-refractivity contribution in [1.29, 1.82) is 0 Å². The number of benzene rings is 1. The van der Waals surface area contributed by atoms with Crippen molar-refractivity contribution in [3.05, 3.63) is 35.4 Å². The van der Waals surface area contributed by atoms with Crippen LogP contribution in [0.25, 0.3) is 0 Å². The highest BCUT2D eigenvalue weighted by atomic mass is 14.9. The van der Waals surface area contributed by atoms with E-state index in [0.29, 0.717) is 0 Å². The Kier molecular flexibility index (Phi) is 4.77. The van der Waals surface area contributed by atoms with Gasteiger partial charge in [-0.15, -0.1) is 0 Å². The first-order valence-electron chi connectivity index (χ1n) is 8.64. The summed E-state index contributed by atoms with van der Waals surface area (Å²) in [6.45, 7) is 4.59. The van der Waals surface area contributed by atoms with Crippen LogP contribution in [0, 0.1) is 11.8 Å². The molecule has 0 aliphatic heterocycles. The minimum absolute atomic E-state index is 0.880. The van der Waals surface area contributed by atoms with Gasteiger partial charge in [0, 0.05) is 6.54 Å². The normalized spacial score (nSPS) is 26.6. The SMILES string of the molecule is CCC1CCC(CNCc2ccc(C3CC3)cc2)CC1. The topological polar surface area (TPSA) is 12.0 Å². The van der Waals surface area contributed by atoms with E-state index in [-0.39, 0.29) is 0 Å². The average molecular weight is 271 g/mol. The van der Waals surface area contributed by atoms with Crippen LogP contribution >= 0.6 is 0 Å². The molecule has 2 aliphatic rings. The largest absolute Gasteiger partial charge is 0.312 e.